The molecule has 0 aliphatic carbocycles. The van der Waals surface area contributed by atoms with E-state index < -0.39 is 0 Å². The van der Waals surface area contributed by atoms with E-state index in [9.17, 15) is 4.79 Å². The van der Waals surface area contributed by atoms with Crippen LogP contribution in [0, 0.1) is 12.8 Å². The zero-order chi connectivity index (χ0) is 12.8. The van der Waals surface area contributed by atoms with Crippen molar-refractivity contribution in [1.82, 2.24) is 4.90 Å². The van der Waals surface area contributed by atoms with Crippen molar-refractivity contribution in [2.24, 2.45) is 5.92 Å². The second kappa shape index (κ2) is 6.55. The summed E-state index contributed by atoms with van der Waals surface area (Å²) < 4.78 is 5.71. The van der Waals surface area contributed by atoms with Gasteiger partial charge in [0, 0.05) is 12.5 Å². The molecule has 0 aromatic heterocycles. The van der Waals surface area contributed by atoms with Gasteiger partial charge in [-0.05, 0) is 45.0 Å². The van der Waals surface area contributed by atoms with Gasteiger partial charge in [-0.3, -0.25) is 4.90 Å². The number of hydrogen-bond acceptors (Lipinski definition) is 3. The number of carbonyl (C=O) groups excluding carboxylic acids is 1. The minimum Gasteiger partial charge on any atom is -0.492 e. The van der Waals surface area contributed by atoms with Crippen molar-refractivity contribution in [1.29, 1.82) is 0 Å². The predicted molar refractivity (Wildman–Crippen MR) is 71.9 cm³/mol. The van der Waals surface area contributed by atoms with Crippen LogP contribution >= 0.6 is 0 Å². The maximum absolute atomic E-state index is 10.6. The maximum atomic E-state index is 10.6. The van der Waals surface area contributed by atoms with Gasteiger partial charge in [0.15, 0.2) is 0 Å². The van der Waals surface area contributed by atoms with Crippen molar-refractivity contribution in [3.63, 3.8) is 0 Å². The fourth-order valence-electron chi connectivity index (χ4n) is 2.24. The molecule has 1 aliphatic rings. The minimum absolute atomic E-state index is 0.277. The molecule has 0 amide bonds. The summed E-state index contributed by atoms with van der Waals surface area (Å²) in [5.74, 6) is 1.21. The fourth-order valence-corrected chi connectivity index (χ4v) is 2.24. The standard InChI is InChI=1S/C15H21NO2/c1-13-2-4-15(5-3-13)18-11-10-16-8-6-14(12-17)7-9-16/h2-5,12,14H,6-11H2,1H3. The van der Waals surface area contributed by atoms with E-state index >= 15 is 0 Å². The lowest BCUT2D eigenvalue weighted by Crippen LogP contribution is -2.36. The first-order valence-corrected chi connectivity index (χ1v) is 6.65. The van der Waals surface area contributed by atoms with Crippen LogP contribution in [-0.2, 0) is 4.79 Å². The number of ether oxygens (including phenoxy) is 1. The molecule has 2 rings (SSSR count). The molecule has 1 aliphatic heterocycles. The Balaban J connectivity index is 1.67. The second-order valence-corrected chi connectivity index (χ2v) is 4.98. The average molecular weight is 247 g/mol. The Morgan fingerprint density at radius 2 is 1.94 bits per heavy atom. The van der Waals surface area contributed by atoms with E-state index in [1.807, 2.05) is 12.1 Å². The van der Waals surface area contributed by atoms with Crippen molar-refractivity contribution in [3.05, 3.63) is 29.8 Å². The molecule has 0 atom stereocenters. The summed E-state index contributed by atoms with van der Waals surface area (Å²) in [5, 5.41) is 0. The summed E-state index contributed by atoms with van der Waals surface area (Å²) in [5.41, 5.74) is 1.25. The van der Waals surface area contributed by atoms with Gasteiger partial charge < -0.3 is 9.53 Å². The summed E-state index contributed by atoms with van der Waals surface area (Å²) in [6, 6.07) is 8.14. The van der Waals surface area contributed by atoms with Gasteiger partial charge in [-0.15, -0.1) is 0 Å². The Morgan fingerprint density at radius 3 is 2.56 bits per heavy atom. The Kier molecular flexibility index (Phi) is 4.76. The fraction of sp³-hybridized carbons (Fsp3) is 0.533. The highest BCUT2D eigenvalue weighted by Crippen LogP contribution is 2.15. The summed E-state index contributed by atoms with van der Waals surface area (Å²) in [4.78, 5) is 13.0. The number of piperidine rings is 1. The van der Waals surface area contributed by atoms with Crippen molar-refractivity contribution in [3.8, 4) is 5.75 Å². The lowest BCUT2D eigenvalue weighted by molar-refractivity contribution is -0.112. The first-order chi connectivity index (χ1) is 8.78. The number of nitrogens with zero attached hydrogens (tertiary/aromatic N) is 1. The van der Waals surface area contributed by atoms with Gasteiger partial charge in [-0.1, -0.05) is 17.7 Å². The molecule has 1 aromatic carbocycles. The Bertz CT molecular complexity index is 367. The number of likely N-dealkylation sites (tertiary alicyclic amines) is 1. The molecule has 0 bridgehead atoms. The Hall–Kier alpha value is -1.35. The van der Waals surface area contributed by atoms with Crippen molar-refractivity contribution >= 4 is 6.29 Å². The van der Waals surface area contributed by atoms with Crippen molar-refractivity contribution in [2.75, 3.05) is 26.2 Å². The van der Waals surface area contributed by atoms with E-state index in [-0.39, 0.29) is 5.92 Å². The highest BCUT2D eigenvalue weighted by molar-refractivity contribution is 5.53. The first-order valence-electron chi connectivity index (χ1n) is 6.65. The first kappa shape index (κ1) is 13.1. The molecule has 0 spiro atoms. The monoisotopic (exact) mass is 247 g/mol. The highest BCUT2D eigenvalue weighted by atomic mass is 16.5. The van der Waals surface area contributed by atoms with Gasteiger partial charge in [-0.25, -0.2) is 0 Å². The smallest absolute Gasteiger partial charge is 0.123 e. The van der Waals surface area contributed by atoms with Crippen LogP contribution in [0.2, 0.25) is 0 Å². The molecule has 0 saturated carbocycles. The number of benzene rings is 1. The zero-order valence-electron chi connectivity index (χ0n) is 11.0. The van der Waals surface area contributed by atoms with Crippen LogP contribution < -0.4 is 4.74 Å². The third-order valence-corrected chi connectivity index (χ3v) is 3.52. The molecular formula is C15H21NO2. The summed E-state index contributed by atoms with van der Waals surface area (Å²) >= 11 is 0. The van der Waals surface area contributed by atoms with E-state index in [1.54, 1.807) is 0 Å². The average Bonchev–Trinajstić information content (AvgIpc) is 2.42. The summed E-state index contributed by atoms with van der Waals surface area (Å²) in [6.45, 7) is 5.76. The van der Waals surface area contributed by atoms with E-state index in [2.05, 4.69) is 24.0 Å². The van der Waals surface area contributed by atoms with Crippen LogP contribution in [0.4, 0.5) is 0 Å². The lowest BCUT2D eigenvalue weighted by atomic mass is 9.99. The molecule has 1 heterocycles. The number of aldehydes is 1. The van der Waals surface area contributed by atoms with Gasteiger partial charge in [0.1, 0.15) is 18.6 Å². The molecule has 3 heteroatoms. The highest BCUT2D eigenvalue weighted by Gasteiger charge is 2.17. The molecule has 1 aromatic rings. The van der Waals surface area contributed by atoms with Crippen LogP contribution in [0.25, 0.3) is 0 Å². The molecule has 1 saturated heterocycles. The second-order valence-electron chi connectivity index (χ2n) is 4.98. The quantitative estimate of drug-likeness (QED) is 0.748. The third kappa shape index (κ3) is 3.84. The molecule has 98 valence electrons. The van der Waals surface area contributed by atoms with Gasteiger partial charge in [0.25, 0.3) is 0 Å². The third-order valence-electron chi connectivity index (χ3n) is 3.52. The van der Waals surface area contributed by atoms with Gasteiger partial charge >= 0.3 is 0 Å². The maximum Gasteiger partial charge on any atom is 0.123 e. The van der Waals surface area contributed by atoms with Crippen molar-refractivity contribution < 1.29 is 9.53 Å². The number of hydrogen-bond donors (Lipinski definition) is 0. The molecule has 0 radical (unpaired) electrons. The number of carbonyl (C=O) groups is 1. The van der Waals surface area contributed by atoms with E-state index in [0.29, 0.717) is 0 Å². The molecule has 0 N–H and O–H groups in total. The van der Waals surface area contributed by atoms with Gasteiger partial charge in [0.2, 0.25) is 0 Å². The molecule has 18 heavy (non-hydrogen) atoms. The molecular weight excluding hydrogens is 226 g/mol. The molecule has 0 unspecified atom stereocenters. The van der Waals surface area contributed by atoms with Crippen LogP contribution in [0.1, 0.15) is 18.4 Å². The van der Waals surface area contributed by atoms with Gasteiger partial charge in [-0.2, -0.15) is 0 Å². The minimum atomic E-state index is 0.277. The van der Waals surface area contributed by atoms with Crippen LogP contribution in [-0.4, -0.2) is 37.4 Å². The SMILES string of the molecule is Cc1ccc(OCCN2CCC(C=O)CC2)cc1. The van der Waals surface area contributed by atoms with E-state index in [1.165, 1.54) is 5.56 Å². The molecule has 1 fully saturated rings. The zero-order valence-corrected chi connectivity index (χ0v) is 11.0. The largest absolute Gasteiger partial charge is 0.492 e. The number of aryl methyl sites for hydroxylation is 1. The number of rotatable bonds is 5. The Labute approximate surface area is 109 Å². The van der Waals surface area contributed by atoms with Crippen LogP contribution in [0.5, 0.6) is 5.75 Å². The van der Waals surface area contributed by atoms with Crippen molar-refractivity contribution in [2.45, 2.75) is 19.8 Å². The summed E-state index contributed by atoms with van der Waals surface area (Å²) in [6.07, 6.45) is 3.09. The summed E-state index contributed by atoms with van der Waals surface area (Å²) in [7, 11) is 0. The van der Waals surface area contributed by atoms with Crippen LogP contribution in [0.3, 0.4) is 0 Å². The van der Waals surface area contributed by atoms with Crippen LogP contribution in [0.15, 0.2) is 24.3 Å². The lowest BCUT2D eigenvalue weighted by Gasteiger charge is -2.29. The Morgan fingerprint density at radius 1 is 1.28 bits per heavy atom. The topological polar surface area (TPSA) is 29.5 Å². The van der Waals surface area contributed by atoms with E-state index in [4.69, 9.17) is 4.74 Å². The molecule has 3 nitrogen and oxygen atoms in total. The predicted octanol–water partition coefficient (Wildman–Crippen LogP) is 2.28. The van der Waals surface area contributed by atoms with E-state index in [0.717, 1.165) is 51.1 Å². The normalized spacial score (nSPS) is 17.6. The van der Waals surface area contributed by atoms with Gasteiger partial charge in [0.05, 0.1) is 0 Å².